The molecule has 1 aromatic rings. The van der Waals surface area contributed by atoms with Crippen molar-refractivity contribution in [1.82, 2.24) is 0 Å². The quantitative estimate of drug-likeness (QED) is 0.371. The van der Waals surface area contributed by atoms with E-state index >= 15 is 0 Å². The molecule has 0 bridgehead atoms. The van der Waals surface area contributed by atoms with Crippen LogP contribution >= 0.6 is 0 Å². The van der Waals surface area contributed by atoms with Gasteiger partial charge in [0.2, 0.25) is 0 Å². The van der Waals surface area contributed by atoms with Crippen molar-refractivity contribution in [1.29, 1.82) is 0 Å². The Kier molecular flexibility index (Phi) is 2.11. The van der Waals surface area contributed by atoms with Gasteiger partial charge in [-0.1, -0.05) is 0 Å². The van der Waals surface area contributed by atoms with Gasteiger partial charge in [-0.15, -0.1) is 0 Å². The van der Waals surface area contributed by atoms with E-state index in [0.717, 1.165) is 10.3 Å². The highest BCUT2D eigenvalue weighted by Gasteiger charge is 2.34. The number of aromatic nitrogens is 1. The number of carbonyl (C=O) groups excluding carboxylic acids is 1. The van der Waals surface area contributed by atoms with Crippen molar-refractivity contribution in [3.05, 3.63) is 34.8 Å². The molecule has 0 saturated heterocycles. The second-order valence-corrected chi connectivity index (χ2v) is 3.35. The molecular formula is C10H11NO3. The van der Waals surface area contributed by atoms with E-state index in [2.05, 4.69) is 4.74 Å². The molecule has 0 unspecified atom stereocenters. The smallest absolute Gasteiger partial charge is 0.313 e. The number of hydrogen-bond donors (Lipinski definition) is 0. The van der Waals surface area contributed by atoms with Crippen LogP contribution in [0.2, 0.25) is 0 Å². The van der Waals surface area contributed by atoms with E-state index in [1.54, 1.807) is 6.07 Å². The zero-order valence-electron chi connectivity index (χ0n) is 7.90. The van der Waals surface area contributed by atoms with Crippen LogP contribution in [0.3, 0.4) is 0 Å². The number of esters is 1. The number of methoxy groups -OCH3 is 1. The number of hydrogen-bond acceptors (Lipinski definition) is 3. The van der Waals surface area contributed by atoms with Crippen molar-refractivity contribution in [2.75, 3.05) is 7.11 Å². The molecule has 4 heteroatoms. The molecule has 1 atom stereocenters. The first kappa shape index (κ1) is 8.99. The molecular weight excluding hydrogens is 182 g/mol. The molecule has 2 rings (SSSR count). The minimum absolute atomic E-state index is 0.253. The normalized spacial score (nSPS) is 19.1. The lowest BCUT2D eigenvalue weighted by molar-refractivity contribution is -0.613. The summed E-state index contributed by atoms with van der Waals surface area (Å²) < 4.78 is 5.51. The van der Waals surface area contributed by atoms with Gasteiger partial charge in [0.15, 0.2) is 11.9 Å². The summed E-state index contributed by atoms with van der Waals surface area (Å²) in [5, 5.41) is 11.3. The summed E-state index contributed by atoms with van der Waals surface area (Å²) in [5.74, 6) is -0.508. The van der Waals surface area contributed by atoms with Crippen LogP contribution in [0.4, 0.5) is 0 Å². The van der Waals surface area contributed by atoms with Gasteiger partial charge in [0.05, 0.1) is 13.0 Å². The van der Waals surface area contributed by atoms with Gasteiger partial charge in [-0.05, 0) is 12.5 Å². The number of ether oxygens (including phenoxy) is 1. The van der Waals surface area contributed by atoms with Gasteiger partial charge in [-0.2, -0.15) is 4.73 Å². The highest BCUT2D eigenvalue weighted by molar-refractivity contribution is 5.79. The molecule has 0 aliphatic heterocycles. The minimum atomic E-state index is -0.255. The molecule has 74 valence electrons. The predicted molar refractivity (Wildman–Crippen MR) is 48.5 cm³/mol. The van der Waals surface area contributed by atoms with Crippen molar-refractivity contribution < 1.29 is 14.3 Å². The lowest BCUT2D eigenvalue weighted by Crippen LogP contribution is -2.31. The molecule has 0 spiro atoms. The van der Waals surface area contributed by atoms with Gasteiger partial charge >= 0.3 is 5.97 Å². The molecule has 0 fully saturated rings. The van der Waals surface area contributed by atoms with Crippen LogP contribution in [0.1, 0.15) is 23.6 Å². The van der Waals surface area contributed by atoms with Crippen molar-refractivity contribution >= 4 is 5.97 Å². The van der Waals surface area contributed by atoms with Gasteiger partial charge < -0.3 is 9.94 Å². The van der Waals surface area contributed by atoms with Crippen molar-refractivity contribution in [3.63, 3.8) is 0 Å². The van der Waals surface area contributed by atoms with E-state index < -0.39 is 0 Å². The SMILES string of the molecule is COC(=O)[C@H]1CCc2c1ccc[n+]2[O-]. The highest BCUT2D eigenvalue weighted by atomic mass is 16.5. The Morgan fingerprint density at radius 1 is 1.71 bits per heavy atom. The van der Waals surface area contributed by atoms with Crippen LogP contribution in [0, 0.1) is 5.21 Å². The molecule has 0 saturated carbocycles. The molecule has 1 aromatic heterocycles. The first-order chi connectivity index (χ1) is 6.74. The average Bonchev–Trinajstić information content (AvgIpc) is 2.62. The van der Waals surface area contributed by atoms with Crippen molar-refractivity contribution in [2.45, 2.75) is 18.8 Å². The topological polar surface area (TPSA) is 53.2 Å². The van der Waals surface area contributed by atoms with E-state index in [-0.39, 0.29) is 11.9 Å². The Balaban J connectivity index is 2.40. The fourth-order valence-electron chi connectivity index (χ4n) is 1.93. The van der Waals surface area contributed by atoms with E-state index in [1.165, 1.54) is 13.3 Å². The number of fused-ring (bicyclic) bond motifs is 1. The number of pyridine rings is 1. The van der Waals surface area contributed by atoms with Gasteiger partial charge in [-0.3, -0.25) is 4.79 Å². The fraction of sp³-hybridized carbons (Fsp3) is 0.400. The summed E-state index contributed by atoms with van der Waals surface area (Å²) in [7, 11) is 1.37. The molecule has 1 heterocycles. The summed E-state index contributed by atoms with van der Waals surface area (Å²) in [6, 6.07) is 3.48. The number of rotatable bonds is 1. The van der Waals surface area contributed by atoms with Gasteiger partial charge in [0.1, 0.15) is 0 Å². The molecule has 4 nitrogen and oxygen atoms in total. The predicted octanol–water partition coefficient (Wildman–Crippen LogP) is 0.523. The first-order valence-corrected chi connectivity index (χ1v) is 4.53. The Morgan fingerprint density at radius 3 is 3.21 bits per heavy atom. The molecule has 0 radical (unpaired) electrons. The number of nitrogens with zero attached hydrogens (tertiary/aromatic N) is 1. The van der Waals surface area contributed by atoms with Crippen LogP contribution in [-0.2, 0) is 16.0 Å². The summed E-state index contributed by atoms with van der Waals surface area (Å²) in [6.07, 6.45) is 2.78. The average molecular weight is 193 g/mol. The molecule has 14 heavy (non-hydrogen) atoms. The van der Waals surface area contributed by atoms with Crippen LogP contribution in [0.5, 0.6) is 0 Å². The molecule has 0 aromatic carbocycles. The Bertz CT molecular complexity index is 376. The maximum absolute atomic E-state index is 11.4. The maximum atomic E-state index is 11.4. The van der Waals surface area contributed by atoms with Gasteiger partial charge in [-0.25, -0.2) is 0 Å². The highest BCUT2D eigenvalue weighted by Crippen LogP contribution is 2.31. The lowest BCUT2D eigenvalue weighted by Gasteiger charge is -2.07. The fourth-order valence-corrected chi connectivity index (χ4v) is 1.93. The third kappa shape index (κ3) is 1.23. The second-order valence-electron chi connectivity index (χ2n) is 3.35. The molecule has 1 aliphatic rings. The zero-order valence-corrected chi connectivity index (χ0v) is 7.90. The Hall–Kier alpha value is -1.58. The van der Waals surface area contributed by atoms with Crippen LogP contribution in [-0.4, -0.2) is 13.1 Å². The van der Waals surface area contributed by atoms with Crippen molar-refractivity contribution in [2.24, 2.45) is 0 Å². The van der Waals surface area contributed by atoms with E-state index in [4.69, 9.17) is 0 Å². The Morgan fingerprint density at radius 2 is 2.50 bits per heavy atom. The molecule has 0 N–H and O–H groups in total. The summed E-state index contributed by atoms with van der Waals surface area (Å²) in [4.78, 5) is 11.4. The summed E-state index contributed by atoms with van der Waals surface area (Å²) in [5.41, 5.74) is 1.51. The van der Waals surface area contributed by atoms with Crippen LogP contribution in [0.25, 0.3) is 0 Å². The second kappa shape index (κ2) is 3.29. The largest absolute Gasteiger partial charge is 0.618 e. The summed E-state index contributed by atoms with van der Waals surface area (Å²) in [6.45, 7) is 0. The van der Waals surface area contributed by atoms with E-state index in [0.29, 0.717) is 18.5 Å². The minimum Gasteiger partial charge on any atom is -0.618 e. The number of carbonyl (C=O) groups is 1. The van der Waals surface area contributed by atoms with E-state index in [9.17, 15) is 10.0 Å². The van der Waals surface area contributed by atoms with Crippen LogP contribution in [0.15, 0.2) is 18.3 Å². The van der Waals surface area contributed by atoms with Gasteiger partial charge in [0, 0.05) is 18.1 Å². The van der Waals surface area contributed by atoms with Crippen molar-refractivity contribution in [3.8, 4) is 0 Å². The lowest BCUT2D eigenvalue weighted by atomic mass is 10.0. The first-order valence-electron chi connectivity index (χ1n) is 4.53. The monoisotopic (exact) mass is 193 g/mol. The van der Waals surface area contributed by atoms with Crippen LogP contribution < -0.4 is 4.73 Å². The molecule has 0 amide bonds. The zero-order chi connectivity index (χ0) is 10.1. The molecule has 1 aliphatic carbocycles. The third-order valence-corrected chi connectivity index (χ3v) is 2.63. The van der Waals surface area contributed by atoms with E-state index in [1.807, 2.05) is 6.07 Å². The standard InChI is InChI=1S/C10H11NO3/c1-14-10(12)8-4-5-9-7(8)3-2-6-11(9)13/h2-3,6,8H,4-5H2,1H3/t8-/m0/s1. The maximum Gasteiger partial charge on any atom is 0.313 e. The van der Waals surface area contributed by atoms with Gasteiger partial charge in [0.25, 0.3) is 0 Å². The Labute approximate surface area is 81.7 Å². The summed E-state index contributed by atoms with van der Waals surface area (Å²) >= 11 is 0. The third-order valence-electron chi connectivity index (χ3n) is 2.63.